The molecule has 6 nitrogen and oxygen atoms in total. The lowest BCUT2D eigenvalue weighted by molar-refractivity contribution is -0.385. The van der Waals surface area contributed by atoms with Gasteiger partial charge in [-0.25, -0.2) is 0 Å². The number of carbonyl (C=O) groups excluding carboxylic acids is 1. The molecule has 2 rings (SSSR count). The summed E-state index contributed by atoms with van der Waals surface area (Å²) in [6, 6.07) is 2.84. The van der Waals surface area contributed by atoms with Gasteiger partial charge < -0.3 is 10.2 Å². The van der Waals surface area contributed by atoms with Crippen LogP contribution in [0.1, 0.15) is 39.2 Å². The van der Waals surface area contributed by atoms with Crippen LogP contribution in [0, 0.1) is 21.4 Å². The number of piperidine rings is 1. The summed E-state index contributed by atoms with van der Waals surface area (Å²) < 4.78 is 40.3. The molecule has 0 aliphatic carbocycles. The third-order valence-corrected chi connectivity index (χ3v) is 4.59. The molecule has 0 bridgehead atoms. The lowest BCUT2D eigenvalue weighted by atomic mass is 9.93. The fourth-order valence-corrected chi connectivity index (χ4v) is 3.09. The Labute approximate surface area is 155 Å². The van der Waals surface area contributed by atoms with Gasteiger partial charge in [0.25, 0.3) is 5.69 Å². The molecule has 1 N–H and O–H groups in total. The first kappa shape index (κ1) is 21.0. The second-order valence-electron chi connectivity index (χ2n) is 7.87. The Morgan fingerprint density at radius 1 is 1.33 bits per heavy atom. The smallest absolute Gasteiger partial charge is 0.371 e. The van der Waals surface area contributed by atoms with Crippen LogP contribution in [0.4, 0.5) is 24.5 Å². The molecule has 1 heterocycles. The van der Waals surface area contributed by atoms with Gasteiger partial charge in [0.2, 0.25) is 5.91 Å². The number of hydrogen-bond acceptors (Lipinski definition) is 4. The van der Waals surface area contributed by atoms with Gasteiger partial charge in [-0.05, 0) is 24.8 Å². The zero-order valence-corrected chi connectivity index (χ0v) is 15.6. The van der Waals surface area contributed by atoms with E-state index in [0.29, 0.717) is 32.1 Å². The van der Waals surface area contributed by atoms with Crippen LogP contribution in [0.25, 0.3) is 0 Å². The van der Waals surface area contributed by atoms with Crippen molar-refractivity contribution in [2.24, 2.45) is 11.3 Å². The lowest BCUT2D eigenvalue weighted by Crippen LogP contribution is -2.44. The quantitative estimate of drug-likeness (QED) is 0.626. The van der Waals surface area contributed by atoms with Gasteiger partial charge in [-0.1, -0.05) is 20.8 Å². The maximum absolute atomic E-state index is 13.4. The van der Waals surface area contributed by atoms with Crippen molar-refractivity contribution in [1.82, 2.24) is 5.32 Å². The molecule has 0 radical (unpaired) electrons. The Balaban J connectivity index is 2.18. The number of alkyl halides is 3. The predicted octanol–water partition coefficient (Wildman–Crippen LogP) is 3.99. The fourth-order valence-electron chi connectivity index (χ4n) is 3.09. The number of rotatable bonds is 4. The summed E-state index contributed by atoms with van der Waals surface area (Å²) in [4.78, 5) is 23.6. The minimum atomic E-state index is -4.69. The van der Waals surface area contributed by atoms with Crippen molar-refractivity contribution in [3.05, 3.63) is 33.9 Å². The van der Waals surface area contributed by atoms with Crippen LogP contribution in [-0.4, -0.2) is 30.5 Å². The number of nitro benzene ring substituents is 1. The van der Waals surface area contributed by atoms with E-state index in [0.717, 1.165) is 18.6 Å². The predicted molar refractivity (Wildman–Crippen MR) is 95.5 cm³/mol. The topological polar surface area (TPSA) is 75.5 Å². The summed E-state index contributed by atoms with van der Waals surface area (Å²) in [6.07, 6.45) is -3.20. The molecule has 0 aromatic heterocycles. The molecule has 1 aliphatic rings. The van der Waals surface area contributed by atoms with Crippen LogP contribution in [0.5, 0.6) is 0 Å². The molecule has 1 fully saturated rings. The van der Waals surface area contributed by atoms with E-state index < -0.39 is 27.8 Å². The van der Waals surface area contributed by atoms with Crippen LogP contribution >= 0.6 is 0 Å². The molecule has 27 heavy (non-hydrogen) atoms. The number of anilines is 1. The first-order valence-corrected chi connectivity index (χ1v) is 8.78. The third-order valence-electron chi connectivity index (χ3n) is 4.59. The number of nitrogens with one attached hydrogen (secondary N) is 1. The van der Waals surface area contributed by atoms with Gasteiger partial charge in [0.05, 0.1) is 10.5 Å². The minimum absolute atomic E-state index is 0.0151. The van der Waals surface area contributed by atoms with E-state index in [1.807, 2.05) is 0 Å². The number of benzene rings is 1. The third kappa shape index (κ3) is 5.33. The summed E-state index contributed by atoms with van der Waals surface area (Å²) >= 11 is 0. The standard InChI is InChI=1S/C18H24F3N3O3/c1-17(2,3)16(25)22-10-12-5-4-8-23(11-12)15-7-6-13(24(26)27)9-14(15)18(19,20)21/h6-7,9,12H,4-5,8,10-11H2,1-3H3,(H,22,25). The highest BCUT2D eigenvalue weighted by Gasteiger charge is 2.37. The molecule has 1 aromatic rings. The van der Waals surface area contributed by atoms with Crippen molar-refractivity contribution in [3.63, 3.8) is 0 Å². The second-order valence-corrected chi connectivity index (χ2v) is 7.87. The van der Waals surface area contributed by atoms with E-state index in [1.165, 1.54) is 0 Å². The molecule has 150 valence electrons. The molecule has 1 unspecified atom stereocenters. The summed E-state index contributed by atoms with van der Waals surface area (Å²) in [5.74, 6) is -0.0905. The van der Waals surface area contributed by atoms with Gasteiger partial charge in [0.1, 0.15) is 0 Å². The molecule has 9 heteroatoms. The average Bonchev–Trinajstić information content (AvgIpc) is 2.57. The number of hydrogen-bond donors (Lipinski definition) is 1. The minimum Gasteiger partial charge on any atom is -0.371 e. The number of halogens is 3. The van der Waals surface area contributed by atoms with Crippen LogP contribution in [0.15, 0.2) is 18.2 Å². The van der Waals surface area contributed by atoms with Gasteiger partial charge >= 0.3 is 6.18 Å². The summed E-state index contributed by atoms with van der Waals surface area (Å²) in [5, 5.41) is 13.7. The van der Waals surface area contributed by atoms with E-state index in [1.54, 1.807) is 25.7 Å². The highest BCUT2D eigenvalue weighted by molar-refractivity contribution is 5.81. The van der Waals surface area contributed by atoms with Gasteiger partial charge in [-0.3, -0.25) is 14.9 Å². The van der Waals surface area contributed by atoms with Crippen molar-refractivity contribution < 1.29 is 22.9 Å². The number of amides is 1. The van der Waals surface area contributed by atoms with E-state index in [-0.39, 0.29) is 17.5 Å². The van der Waals surface area contributed by atoms with Crippen LogP contribution < -0.4 is 10.2 Å². The van der Waals surface area contributed by atoms with Gasteiger partial charge in [0, 0.05) is 42.9 Å². The SMILES string of the molecule is CC(C)(C)C(=O)NCC1CCCN(c2ccc([N+](=O)[O-])cc2C(F)(F)F)C1. The maximum atomic E-state index is 13.4. The van der Waals surface area contributed by atoms with E-state index in [9.17, 15) is 28.1 Å². The normalized spacial score (nSPS) is 18.3. The summed E-state index contributed by atoms with van der Waals surface area (Å²) in [7, 11) is 0. The molecule has 1 aliphatic heterocycles. The number of carbonyl (C=O) groups is 1. The zero-order valence-electron chi connectivity index (χ0n) is 15.6. The molecular formula is C18H24F3N3O3. The van der Waals surface area contributed by atoms with Crippen molar-refractivity contribution in [1.29, 1.82) is 0 Å². The Hall–Kier alpha value is -2.32. The highest BCUT2D eigenvalue weighted by Crippen LogP contribution is 2.39. The first-order chi connectivity index (χ1) is 12.4. The number of nitrogens with zero attached hydrogens (tertiary/aromatic N) is 2. The van der Waals surface area contributed by atoms with Crippen molar-refractivity contribution in [3.8, 4) is 0 Å². The summed E-state index contributed by atoms with van der Waals surface area (Å²) in [5.41, 5.74) is -2.18. The van der Waals surface area contributed by atoms with Gasteiger partial charge in [-0.2, -0.15) is 13.2 Å². The second kappa shape index (κ2) is 7.74. The molecule has 1 atom stereocenters. The number of non-ortho nitro benzene ring substituents is 1. The molecule has 1 aromatic carbocycles. The molecule has 0 saturated carbocycles. The Bertz CT molecular complexity index is 714. The molecule has 1 saturated heterocycles. The van der Waals surface area contributed by atoms with Crippen LogP contribution in [0.3, 0.4) is 0 Å². The number of nitro groups is 1. The van der Waals surface area contributed by atoms with E-state index in [4.69, 9.17) is 0 Å². The Morgan fingerprint density at radius 2 is 2.00 bits per heavy atom. The molecule has 1 amide bonds. The summed E-state index contributed by atoms with van der Waals surface area (Å²) in [6.45, 7) is 6.56. The van der Waals surface area contributed by atoms with Crippen molar-refractivity contribution in [2.75, 3.05) is 24.5 Å². The molecular weight excluding hydrogens is 363 g/mol. The van der Waals surface area contributed by atoms with Crippen molar-refractivity contribution in [2.45, 2.75) is 39.8 Å². The lowest BCUT2D eigenvalue weighted by Gasteiger charge is -2.36. The highest BCUT2D eigenvalue weighted by atomic mass is 19.4. The van der Waals surface area contributed by atoms with Crippen LogP contribution in [-0.2, 0) is 11.0 Å². The fraction of sp³-hybridized carbons (Fsp3) is 0.611. The average molecular weight is 387 g/mol. The van der Waals surface area contributed by atoms with Gasteiger partial charge in [0.15, 0.2) is 0 Å². The zero-order chi connectivity index (χ0) is 20.4. The Kier molecular flexibility index (Phi) is 6.01. The monoisotopic (exact) mass is 387 g/mol. The largest absolute Gasteiger partial charge is 0.418 e. The van der Waals surface area contributed by atoms with E-state index >= 15 is 0 Å². The first-order valence-electron chi connectivity index (χ1n) is 8.78. The maximum Gasteiger partial charge on any atom is 0.418 e. The Morgan fingerprint density at radius 3 is 2.56 bits per heavy atom. The molecule has 0 spiro atoms. The van der Waals surface area contributed by atoms with Crippen LogP contribution in [0.2, 0.25) is 0 Å². The van der Waals surface area contributed by atoms with Gasteiger partial charge in [-0.15, -0.1) is 0 Å². The van der Waals surface area contributed by atoms with E-state index in [2.05, 4.69) is 5.32 Å². The van der Waals surface area contributed by atoms with Crippen molar-refractivity contribution >= 4 is 17.3 Å².